The summed E-state index contributed by atoms with van der Waals surface area (Å²) in [6, 6.07) is 8.39. The van der Waals surface area contributed by atoms with E-state index >= 15 is 0 Å². The van der Waals surface area contributed by atoms with Gasteiger partial charge >= 0.3 is 0 Å². The lowest BCUT2D eigenvalue weighted by Gasteiger charge is -1.99. The average molecular weight is 268 g/mol. The molecule has 0 radical (unpaired) electrons. The summed E-state index contributed by atoms with van der Waals surface area (Å²) in [5, 5.41) is 1.27. The van der Waals surface area contributed by atoms with Crippen LogP contribution in [0.25, 0.3) is 0 Å². The smallest absolute Gasteiger partial charge is 0.199 e. The third kappa shape index (κ3) is 3.41. The Morgan fingerprint density at radius 3 is 2.72 bits per heavy atom. The lowest BCUT2D eigenvalue weighted by atomic mass is 10.4. The molecule has 0 bridgehead atoms. The van der Waals surface area contributed by atoms with Gasteiger partial charge in [0.25, 0.3) is 0 Å². The lowest BCUT2D eigenvalue weighted by Crippen LogP contribution is -2.00. The van der Waals surface area contributed by atoms with Crippen molar-refractivity contribution in [3.8, 4) is 0 Å². The van der Waals surface area contributed by atoms with Crippen LogP contribution in [0, 0.1) is 5.92 Å². The lowest BCUT2D eigenvalue weighted by molar-refractivity contribution is -0.0419. The molecule has 2 atom stereocenters. The second kappa shape index (κ2) is 5.65. The molecule has 5 heteroatoms. The maximum atomic E-state index is 11.9. The maximum absolute atomic E-state index is 11.9. The Kier molecular flexibility index (Phi) is 4.16. The van der Waals surface area contributed by atoms with Gasteiger partial charge in [0.1, 0.15) is 6.79 Å². The molecular weight excluding hydrogens is 252 g/mol. The van der Waals surface area contributed by atoms with Crippen molar-refractivity contribution < 1.29 is 17.9 Å². The van der Waals surface area contributed by atoms with Gasteiger partial charge in [0.15, 0.2) is 9.84 Å². The third-order valence-corrected chi connectivity index (χ3v) is 4.20. The first-order valence-corrected chi connectivity index (χ1v) is 7.27. The van der Waals surface area contributed by atoms with Gasteiger partial charge in [0.05, 0.1) is 11.0 Å². The predicted octanol–water partition coefficient (Wildman–Crippen LogP) is 1.98. The van der Waals surface area contributed by atoms with Crippen molar-refractivity contribution in [2.75, 3.05) is 13.9 Å². The summed E-state index contributed by atoms with van der Waals surface area (Å²) in [4.78, 5) is 0.316. The van der Waals surface area contributed by atoms with E-state index in [1.807, 2.05) is 0 Å². The normalized spacial score (nSPS) is 23.4. The van der Waals surface area contributed by atoms with Crippen molar-refractivity contribution in [1.82, 2.24) is 0 Å². The Bertz CT molecular complexity index is 507. The SMILES string of the molecule is COCO[C@@H]1CC1/C=C/S(=O)(=O)c1ccccc1. The molecule has 98 valence electrons. The number of methoxy groups -OCH3 is 1. The fourth-order valence-electron chi connectivity index (χ4n) is 1.63. The molecule has 2 rings (SSSR count). The van der Waals surface area contributed by atoms with Gasteiger partial charge in [0.2, 0.25) is 0 Å². The molecule has 4 nitrogen and oxygen atoms in total. The van der Waals surface area contributed by atoms with Crippen molar-refractivity contribution >= 4 is 9.84 Å². The summed E-state index contributed by atoms with van der Waals surface area (Å²) >= 11 is 0. The molecule has 0 N–H and O–H groups in total. The van der Waals surface area contributed by atoms with E-state index in [1.54, 1.807) is 43.5 Å². The summed E-state index contributed by atoms with van der Waals surface area (Å²) in [6.45, 7) is 0.250. The number of sulfone groups is 1. The maximum Gasteiger partial charge on any atom is 0.199 e. The Morgan fingerprint density at radius 2 is 2.06 bits per heavy atom. The fourth-order valence-corrected chi connectivity index (χ4v) is 2.73. The van der Waals surface area contributed by atoms with Gasteiger partial charge < -0.3 is 9.47 Å². The van der Waals surface area contributed by atoms with Crippen LogP contribution in [0.2, 0.25) is 0 Å². The van der Waals surface area contributed by atoms with Crippen molar-refractivity contribution in [1.29, 1.82) is 0 Å². The Balaban J connectivity index is 1.94. The van der Waals surface area contributed by atoms with Gasteiger partial charge in [-0.1, -0.05) is 24.3 Å². The molecule has 1 unspecified atom stereocenters. The zero-order chi connectivity index (χ0) is 13.0. The highest BCUT2D eigenvalue weighted by atomic mass is 32.2. The van der Waals surface area contributed by atoms with Gasteiger partial charge in [-0.25, -0.2) is 8.42 Å². The van der Waals surface area contributed by atoms with Crippen LogP contribution in [0.4, 0.5) is 0 Å². The Hall–Kier alpha value is -1.17. The summed E-state index contributed by atoms with van der Waals surface area (Å²) in [6.07, 6.45) is 2.64. The van der Waals surface area contributed by atoms with Crippen LogP contribution < -0.4 is 0 Å². The zero-order valence-corrected chi connectivity index (χ0v) is 11.0. The summed E-state index contributed by atoms with van der Waals surface area (Å²) in [7, 11) is -1.76. The number of hydrogen-bond acceptors (Lipinski definition) is 4. The van der Waals surface area contributed by atoms with Crippen LogP contribution >= 0.6 is 0 Å². The first-order chi connectivity index (χ1) is 8.63. The van der Waals surface area contributed by atoms with Crippen molar-refractivity contribution in [2.24, 2.45) is 5.92 Å². The molecule has 0 saturated heterocycles. The van der Waals surface area contributed by atoms with Crippen LogP contribution in [-0.4, -0.2) is 28.4 Å². The molecule has 1 fully saturated rings. The monoisotopic (exact) mass is 268 g/mol. The largest absolute Gasteiger partial charge is 0.359 e. The molecule has 0 spiro atoms. The van der Waals surface area contributed by atoms with Crippen LogP contribution in [0.1, 0.15) is 6.42 Å². The standard InChI is InChI=1S/C13H16O4S/c1-16-10-17-13-9-11(13)7-8-18(14,15)12-5-3-2-4-6-12/h2-8,11,13H,9-10H2,1H3/b8-7+/t11?,13-/m1/s1. The second-order valence-corrected chi connectivity index (χ2v) is 6.03. The number of rotatable bonds is 6. The summed E-state index contributed by atoms with van der Waals surface area (Å²) < 4.78 is 34.0. The van der Waals surface area contributed by atoms with E-state index in [9.17, 15) is 8.42 Å². The number of hydrogen-bond donors (Lipinski definition) is 0. The number of ether oxygens (including phenoxy) is 2. The quantitative estimate of drug-likeness (QED) is 0.740. The van der Waals surface area contributed by atoms with E-state index in [1.165, 1.54) is 5.41 Å². The van der Waals surface area contributed by atoms with Gasteiger partial charge in [-0.3, -0.25) is 0 Å². The minimum Gasteiger partial charge on any atom is -0.359 e. The first-order valence-electron chi connectivity index (χ1n) is 5.72. The molecule has 1 saturated carbocycles. The molecule has 18 heavy (non-hydrogen) atoms. The highest BCUT2D eigenvalue weighted by Gasteiger charge is 2.36. The highest BCUT2D eigenvalue weighted by Crippen LogP contribution is 2.35. The molecule has 0 heterocycles. The minimum absolute atomic E-state index is 0.0900. The average Bonchev–Trinajstić information content (AvgIpc) is 3.14. The van der Waals surface area contributed by atoms with E-state index in [0.29, 0.717) is 4.90 Å². The zero-order valence-electron chi connectivity index (χ0n) is 10.2. The topological polar surface area (TPSA) is 52.6 Å². The molecule has 0 aliphatic heterocycles. The molecule has 1 aromatic rings. The second-order valence-electron chi connectivity index (χ2n) is 4.20. The molecular formula is C13H16O4S. The number of benzene rings is 1. The minimum atomic E-state index is -3.33. The Morgan fingerprint density at radius 1 is 1.33 bits per heavy atom. The first kappa shape index (κ1) is 13.3. The van der Waals surface area contributed by atoms with Crippen molar-refractivity contribution in [3.05, 3.63) is 41.8 Å². The van der Waals surface area contributed by atoms with Gasteiger partial charge in [-0.05, 0) is 18.6 Å². The molecule has 1 aliphatic rings. The highest BCUT2D eigenvalue weighted by molar-refractivity contribution is 7.94. The Labute approximate surface area is 107 Å². The van der Waals surface area contributed by atoms with E-state index in [4.69, 9.17) is 9.47 Å². The summed E-state index contributed by atoms with van der Waals surface area (Å²) in [5.74, 6) is 0.179. The molecule has 0 amide bonds. The third-order valence-electron chi connectivity index (χ3n) is 2.76. The molecule has 1 aliphatic carbocycles. The van der Waals surface area contributed by atoms with Gasteiger partial charge in [0, 0.05) is 18.4 Å². The van der Waals surface area contributed by atoms with Gasteiger partial charge in [-0.2, -0.15) is 0 Å². The molecule has 1 aromatic carbocycles. The van der Waals surface area contributed by atoms with Crippen LogP contribution in [-0.2, 0) is 19.3 Å². The molecule has 0 aromatic heterocycles. The van der Waals surface area contributed by atoms with Crippen LogP contribution in [0.15, 0.2) is 46.7 Å². The van der Waals surface area contributed by atoms with Crippen molar-refractivity contribution in [3.63, 3.8) is 0 Å². The fraction of sp³-hybridized carbons (Fsp3) is 0.385. The van der Waals surface area contributed by atoms with E-state index in [-0.39, 0.29) is 18.8 Å². The van der Waals surface area contributed by atoms with E-state index in [0.717, 1.165) is 6.42 Å². The van der Waals surface area contributed by atoms with Crippen LogP contribution in [0.5, 0.6) is 0 Å². The van der Waals surface area contributed by atoms with E-state index in [2.05, 4.69) is 0 Å². The summed E-state index contributed by atoms with van der Waals surface area (Å²) in [5.41, 5.74) is 0. The van der Waals surface area contributed by atoms with Gasteiger partial charge in [-0.15, -0.1) is 0 Å². The van der Waals surface area contributed by atoms with Crippen LogP contribution in [0.3, 0.4) is 0 Å². The van der Waals surface area contributed by atoms with E-state index < -0.39 is 9.84 Å². The predicted molar refractivity (Wildman–Crippen MR) is 67.6 cm³/mol. The van der Waals surface area contributed by atoms with Crippen molar-refractivity contribution in [2.45, 2.75) is 17.4 Å².